The molecule has 0 saturated heterocycles. The number of carbonyl (C=O) groups excluding carboxylic acids is 1. The summed E-state index contributed by atoms with van der Waals surface area (Å²) in [5.74, 6) is 2.06. The van der Waals surface area contributed by atoms with Gasteiger partial charge < -0.3 is 23.7 Å². The van der Waals surface area contributed by atoms with Gasteiger partial charge in [-0.3, -0.25) is 9.36 Å². The number of thiazole rings is 1. The number of benzene rings is 3. The Kier molecular flexibility index (Phi) is 9.73. The molecule has 0 unspecified atom stereocenters. The van der Waals surface area contributed by atoms with Crippen LogP contribution in [0.5, 0.6) is 23.0 Å². The van der Waals surface area contributed by atoms with Crippen molar-refractivity contribution in [2.24, 2.45) is 4.99 Å². The minimum Gasteiger partial charge on any atom is -0.497 e. The number of esters is 1. The van der Waals surface area contributed by atoms with E-state index in [2.05, 4.69) is 11.1 Å². The molecule has 0 fully saturated rings. The van der Waals surface area contributed by atoms with Gasteiger partial charge in [0.25, 0.3) is 5.56 Å². The van der Waals surface area contributed by atoms with Crippen LogP contribution in [0, 0.1) is 13.8 Å². The van der Waals surface area contributed by atoms with Gasteiger partial charge >= 0.3 is 5.97 Å². The van der Waals surface area contributed by atoms with Gasteiger partial charge in [0, 0.05) is 0 Å². The van der Waals surface area contributed by atoms with Gasteiger partial charge in [0.05, 0.1) is 42.7 Å². The average molecular weight is 629 g/mol. The monoisotopic (exact) mass is 628 g/mol. The lowest BCUT2D eigenvalue weighted by Gasteiger charge is -2.24. The van der Waals surface area contributed by atoms with Crippen molar-refractivity contribution in [1.29, 1.82) is 0 Å². The molecule has 1 aliphatic heterocycles. The molecule has 9 nitrogen and oxygen atoms in total. The third kappa shape index (κ3) is 6.96. The summed E-state index contributed by atoms with van der Waals surface area (Å²) in [6.45, 7) is 8.48. The molecule has 0 bridgehead atoms. The van der Waals surface area contributed by atoms with Crippen LogP contribution in [0.4, 0.5) is 0 Å². The molecule has 1 atom stereocenters. The van der Waals surface area contributed by atoms with Gasteiger partial charge in [-0.25, -0.2) is 9.79 Å². The molecule has 0 amide bonds. The number of allylic oxidation sites excluding steroid dienone is 1. The van der Waals surface area contributed by atoms with E-state index in [0.29, 0.717) is 51.1 Å². The van der Waals surface area contributed by atoms with Crippen LogP contribution in [0.3, 0.4) is 0 Å². The third-order valence-corrected chi connectivity index (χ3v) is 8.22. The van der Waals surface area contributed by atoms with Gasteiger partial charge in [-0.1, -0.05) is 35.6 Å². The number of ether oxygens (including phenoxy) is 5. The van der Waals surface area contributed by atoms with Gasteiger partial charge in [0.1, 0.15) is 24.7 Å². The maximum Gasteiger partial charge on any atom is 0.338 e. The van der Waals surface area contributed by atoms with Crippen molar-refractivity contribution < 1.29 is 28.5 Å². The molecule has 5 rings (SSSR count). The smallest absolute Gasteiger partial charge is 0.338 e. The Labute approximate surface area is 265 Å². The summed E-state index contributed by atoms with van der Waals surface area (Å²) >= 11 is 1.26. The molecule has 4 aromatic rings. The number of fused-ring (bicyclic) bond motifs is 1. The molecule has 0 N–H and O–H groups in total. The Balaban J connectivity index is 1.43. The lowest BCUT2D eigenvalue weighted by atomic mass is 9.96. The number of aromatic nitrogens is 1. The van der Waals surface area contributed by atoms with Crippen LogP contribution in [-0.4, -0.2) is 44.6 Å². The van der Waals surface area contributed by atoms with Crippen LogP contribution in [0.25, 0.3) is 6.08 Å². The first kappa shape index (κ1) is 31.6. The summed E-state index contributed by atoms with van der Waals surface area (Å²) in [7, 11) is 3.15. The van der Waals surface area contributed by atoms with Crippen LogP contribution in [0.2, 0.25) is 0 Å². The van der Waals surface area contributed by atoms with E-state index in [1.54, 1.807) is 50.8 Å². The summed E-state index contributed by atoms with van der Waals surface area (Å²) in [5, 5.41) is 0. The second-order valence-electron chi connectivity index (χ2n) is 10.5. The first-order chi connectivity index (χ1) is 21.7. The van der Waals surface area contributed by atoms with Crippen LogP contribution >= 0.6 is 11.3 Å². The predicted molar refractivity (Wildman–Crippen MR) is 173 cm³/mol. The molecule has 0 spiro atoms. The van der Waals surface area contributed by atoms with E-state index in [4.69, 9.17) is 23.7 Å². The van der Waals surface area contributed by atoms with Gasteiger partial charge in [-0.2, -0.15) is 0 Å². The van der Waals surface area contributed by atoms with E-state index in [9.17, 15) is 9.59 Å². The molecular weight excluding hydrogens is 592 g/mol. The first-order valence-electron chi connectivity index (χ1n) is 14.6. The Morgan fingerprint density at radius 2 is 1.60 bits per heavy atom. The lowest BCUT2D eigenvalue weighted by Crippen LogP contribution is -2.39. The van der Waals surface area contributed by atoms with Crippen LogP contribution in [0.15, 0.2) is 81.7 Å². The zero-order valence-corrected chi connectivity index (χ0v) is 27.0. The topological polar surface area (TPSA) is 97.6 Å². The number of nitrogens with zero attached hydrogens (tertiary/aromatic N) is 2. The molecule has 3 aromatic carbocycles. The summed E-state index contributed by atoms with van der Waals surface area (Å²) in [6, 6.07) is 18.1. The van der Waals surface area contributed by atoms with Crippen molar-refractivity contribution in [3.63, 3.8) is 0 Å². The number of methoxy groups -OCH3 is 2. The number of hydrogen-bond donors (Lipinski definition) is 0. The van der Waals surface area contributed by atoms with E-state index in [-0.39, 0.29) is 12.2 Å². The standard InChI is InChI=1S/C35H36N2O7S/c1-7-42-34(39)31-23(4)36-35-37(32(31)25-9-11-26(40-5)12-10-25)33(38)30(45-35)20-24-8-13-28(29(19-24)41-6)44-15-14-43-27-17-21(2)16-22(3)18-27/h8-13,16-20,32H,7,14-15H2,1-6H3/b30-20-/t32-/m1/s1. The van der Waals surface area contributed by atoms with E-state index in [1.807, 2.05) is 56.3 Å². The minimum absolute atomic E-state index is 0.205. The fourth-order valence-electron chi connectivity index (χ4n) is 5.27. The Hall–Kier alpha value is -4.83. The molecule has 0 aliphatic carbocycles. The third-order valence-electron chi connectivity index (χ3n) is 7.24. The highest BCUT2D eigenvalue weighted by Gasteiger charge is 2.33. The fraction of sp³-hybridized carbons (Fsp3) is 0.286. The fourth-order valence-corrected chi connectivity index (χ4v) is 6.31. The zero-order chi connectivity index (χ0) is 32.1. The van der Waals surface area contributed by atoms with Gasteiger partial charge in [0.15, 0.2) is 16.3 Å². The number of carbonyl (C=O) groups is 1. The minimum atomic E-state index is -0.704. The van der Waals surface area contributed by atoms with Crippen LogP contribution in [0.1, 0.15) is 42.1 Å². The second kappa shape index (κ2) is 13.9. The molecule has 234 valence electrons. The summed E-state index contributed by atoms with van der Waals surface area (Å²) in [4.78, 5) is 32.2. The zero-order valence-electron chi connectivity index (χ0n) is 26.2. The van der Waals surface area contributed by atoms with Crippen molar-refractivity contribution in [1.82, 2.24) is 4.57 Å². The van der Waals surface area contributed by atoms with Crippen molar-refractivity contribution >= 4 is 23.4 Å². The number of rotatable bonds is 11. The number of hydrogen-bond acceptors (Lipinski definition) is 9. The molecule has 0 saturated carbocycles. The molecule has 10 heteroatoms. The lowest BCUT2D eigenvalue weighted by molar-refractivity contribution is -0.139. The maximum atomic E-state index is 13.9. The summed E-state index contributed by atoms with van der Waals surface area (Å²) < 4.78 is 30.1. The molecule has 45 heavy (non-hydrogen) atoms. The maximum absolute atomic E-state index is 13.9. The average Bonchev–Trinajstić information content (AvgIpc) is 3.32. The Morgan fingerprint density at radius 1 is 0.889 bits per heavy atom. The second-order valence-corrected chi connectivity index (χ2v) is 11.5. The SMILES string of the molecule is CCOC(=O)C1=C(C)N=c2s/c(=C\c3ccc(OCCOc4cc(C)cc(C)c4)c(OC)c3)c(=O)n2[C@@H]1c1ccc(OC)cc1. The Morgan fingerprint density at radius 3 is 2.27 bits per heavy atom. The van der Waals surface area contributed by atoms with E-state index in [0.717, 1.165) is 28.0 Å². The van der Waals surface area contributed by atoms with Crippen LogP contribution < -0.4 is 33.8 Å². The quantitative estimate of drug-likeness (QED) is 0.172. The first-order valence-corrected chi connectivity index (χ1v) is 15.4. The van der Waals surface area contributed by atoms with Crippen molar-refractivity contribution in [3.8, 4) is 23.0 Å². The molecular formula is C35H36N2O7S. The van der Waals surface area contributed by atoms with Crippen molar-refractivity contribution in [3.05, 3.63) is 114 Å². The molecule has 0 radical (unpaired) electrons. The summed E-state index contributed by atoms with van der Waals surface area (Å²) in [6.07, 6.45) is 1.79. The van der Waals surface area contributed by atoms with E-state index in [1.165, 1.54) is 11.3 Å². The van der Waals surface area contributed by atoms with Gasteiger partial charge in [-0.05, 0) is 92.4 Å². The van der Waals surface area contributed by atoms with Crippen molar-refractivity contribution in [2.45, 2.75) is 33.7 Å². The van der Waals surface area contributed by atoms with E-state index < -0.39 is 12.0 Å². The van der Waals surface area contributed by atoms with Gasteiger partial charge in [0.2, 0.25) is 0 Å². The highest BCUT2D eigenvalue weighted by Crippen LogP contribution is 2.32. The Bertz CT molecular complexity index is 1900. The highest BCUT2D eigenvalue weighted by atomic mass is 32.1. The molecule has 2 heterocycles. The summed E-state index contributed by atoms with van der Waals surface area (Å²) in [5.41, 5.74) is 4.33. The molecule has 1 aromatic heterocycles. The largest absolute Gasteiger partial charge is 0.497 e. The highest BCUT2D eigenvalue weighted by molar-refractivity contribution is 7.07. The van der Waals surface area contributed by atoms with E-state index >= 15 is 0 Å². The normalized spacial score (nSPS) is 14.4. The van der Waals surface area contributed by atoms with Crippen LogP contribution in [-0.2, 0) is 9.53 Å². The number of aryl methyl sites for hydroxylation is 2. The predicted octanol–water partition coefficient (Wildman–Crippen LogP) is 4.89. The van der Waals surface area contributed by atoms with Gasteiger partial charge in [-0.15, -0.1) is 0 Å². The molecule has 1 aliphatic rings. The van der Waals surface area contributed by atoms with Crippen molar-refractivity contribution in [2.75, 3.05) is 34.0 Å².